The van der Waals surface area contributed by atoms with E-state index < -0.39 is 0 Å². The third-order valence-electron chi connectivity index (χ3n) is 5.32. The summed E-state index contributed by atoms with van der Waals surface area (Å²) in [4.78, 5) is 2.57. The number of rotatable bonds is 1. The standard InChI is InChI=1S/C15H29NO/c1-11-7-9-16(10-12(11)2)13-6-5-8-15(3,4)14(13)17/h11-14,17H,5-10H2,1-4H3. The van der Waals surface area contributed by atoms with Crippen LogP contribution in [-0.2, 0) is 0 Å². The summed E-state index contributed by atoms with van der Waals surface area (Å²) in [5, 5.41) is 10.6. The summed E-state index contributed by atoms with van der Waals surface area (Å²) in [5.74, 6) is 1.63. The first-order valence-corrected chi connectivity index (χ1v) is 7.34. The first kappa shape index (κ1) is 13.4. The molecule has 1 saturated heterocycles. The van der Waals surface area contributed by atoms with Gasteiger partial charge in [-0.1, -0.05) is 34.1 Å². The molecule has 2 fully saturated rings. The molecule has 17 heavy (non-hydrogen) atoms. The predicted molar refractivity (Wildman–Crippen MR) is 71.9 cm³/mol. The van der Waals surface area contributed by atoms with E-state index in [4.69, 9.17) is 0 Å². The van der Waals surface area contributed by atoms with Crippen LogP contribution < -0.4 is 0 Å². The smallest absolute Gasteiger partial charge is 0.0746 e. The lowest BCUT2D eigenvalue weighted by Crippen LogP contribution is -2.55. The fourth-order valence-electron chi connectivity index (χ4n) is 3.57. The molecule has 2 aliphatic rings. The van der Waals surface area contributed by atoms with Gasteiger partial charge in [-0.25, -0.2) is 0 Å². The van der Waals surface area contributed by atoms with Gasteiger partial charge in [0.25, 0.3) is 0 Å². The summed E-state index contributed by atoms with van der Waals surface area (Å²) in [5.41, 5.74) is 0.106. The molecule has 2 rings (SSSR count). The molecule has 0 amide bonds. The van der Waals surface area contributed by atoms with E-state index in [0.717, 1.165) is 11.8 Å². The van der Waals surface area contributed by atoms with Crippen LogP contribution in [0.1, 0.15) is 53.4 Å². The van der Waals surface area contributed by atoms with E-state index >= 15 is 0 Å². The van der Waals surface area contributed by atoms with Gasteiger partial charge < -0.3 is 5.11 Å². The van der Waals surface area contributed by atoms with Gasteiger partial charge in [0, 0.05) is 12.6 Å². The fraction of sp³-hybridized carbons (Fsp3) is 1.00. The van der Waals surface area contributed by atoms with Crippen molar-refractivity contribution in [1.82, 2.24) is 4.90 Å². The monoisotopic (exact) mass is 239 g/mol. The van der Waals surface area contributed by atoms with Crippen LogP contribution in [-0.4, -0.2) is 35.2 Å². The van der Waals surface area contributed by atoms with Crippen molar-refractivity contribution in [2.24, 2.45) is 17.3 Å². The second-order valence-corrected chi connectivity index (χ2v) is 7.13. The van der Waals surface area contributed by atoms with Crippen LogP contribution in [0.5, 0.6) is 0 Å². The maximum atomic E-state index is 10.6. The zero-order valence-corrected chi connectivity index (χ0v) is 11.9. The summed E-state index contributed by atoms with van der Waals surface area (Å²) in [7, 11) is 0. The number of likely N-dealkylation sites (tertiary alicyclic amines) is 1. The third-order valence-corrected chi connectivity index (χ3v) is 5.32. The molecule has 1 aliphatic heterocycles. The van der Waals surface area contributed by atoms with Crippen LogP contribution in [0.25, 0.3) is 0 Å². The molecular weight excluding hydrogens is 210 g/mol. The van der Waals surface area contributed by atoms with Crippen LogP contribution in [0.15, 0.2) is 0 Å². The van der Waals surface area contributed by atoms with Crippen molar-refractivity contribution in [2.45, 2.75) is 65.5 Å². The summed E-state index contributed by atoms with van der Waals surface area (Å²) >= 11 is 0. The molecule has 0 aromatic carbocycles. The lowest BCUT2D eigenvalue weighted by molar-refractivity contribution is -0.0704. The zero-order valence-electron chi connectivity index (χ0n) is 11.9. The Kier molecular flexibility index (Phi) is 3.84. The van der Waals surface area contributed by atoms with Crippen molar-refractivity contribution in [3.05, 3.63) is 0 Å². The van der Waals surface area contributed by atoms with E-state index in [1.54, 1.807) is 0 Å². The van der Waals surface area contributed by atoms with E-state index in [9.17, 15) is 5.11 Å². The molecule has 4 atom stereocenters. The highest BCUT2D eigenvalue weighted by molar-refractivity contribution is 4.94. The number of nitrogens with zero attached hydrogens (tertiary/aromatic N) is 1. The molecule has 0 aromatic rings. The topological polar surface area (TPSA) is 23.5 Å². The van der Waals surface area contributed by atoms with Crippen molar-refractivity contribution in [2.75, 3.05) is 13.1 Å². The molecule has 0 bridgehead atoms. The Morgan fingerprint density at radius 3 is 2.47 bits per heavy atom. The molecule has 4 unspecified atom stereocenters. The van der Waals surface area contributed by atoms with Crippen LogP contribution >= 0.6 is 0 Å². The average molecular weight is 239 g/mol. The minimum Gasteiger partial charge on any atom is -0.391 e. The van der Waals surface area contributed by atoms with Gasteiger partial charge in [-0.2, -0.15) is 0 Å². The largest absolute Gasteiger partial charge is 0.391 e. The quantitative estimate of drug-likeness (QED) is 0.760. The molecule has 0 spiro atoms. The second-order valence-electron chi connectivity index (χ2n) is 7.13. The van der Waals surface area contributed by atoms with Crippen molar-refractivity contribution < 1.29 is 5.11 Å². The number of aliphatic hydroxyl groups is 1. The lowest BCUT2D eigenvalue weighted by atomic mass is 9.71. The Labute approximate surface area is 106 Å². The molecule has 1 saturated carbocycles. The van der Waals surface area contributed by atoms with E-state index in [1.807, 2.05) is 0 Å². The van der Waals surface area contributed by atoms with Crippen LogP contribution in [0.4, 0.5) is 0 Å². The second kappa shape index (κ2) is 4.89. The highest BCUT2D eigenvalue weighted by Gasteiger charge is 2.41. The summed E-state index contributed by atoms with van der Waals surface area (Å²) in [6.07, 6.45) is 4.78. The van der Waals surface area contributed by atoms with Gasteiger partial charge in [-0.3, -0.25) is 4.90 Å². The van der Waals surface area contributed by atoms with Gasteiger partial charge in [-0.05, 0) is 43.1 Å². The maximum absolute atomic E-state index is 10.6. The molecule has 0 aromatic heterocycles. The summed E-state index contributed by atoms with van der Waals surface area (Å²) < 4.78 is 0. The molecule has 2 nitrogen and oxygen atoms in total. The predicted octanol–water partition coefficient (Wildman–Crippen LogP) is 2.90. The van der Waals surface area contributed by atoms with Crippen LogP contribution in [0.3, 0.4) is 0 Å². The van der Waals surface area contributed by atoms with Crippen LogP contribution in [0.2, 0.25) is 0 Å². The number of hydrogen-bond acceptors (Lipinski definition) is 2. The summed E-state index contributed by atoms with van der Waals surface area (Å²) in [6, 6.07) is 0.411. The normalized spacial score (nSPS) is 43.6. The minimum atomic E-state index is -0.142. The van der Waals surface area contributed by atoms with E-state index in [1.165, 1.54) is 38.8 Å². The SMILES string of the molecule is CC1CCN(C2CCCC(C)(C)C2O)CC1C. The van der Waals surface area contributed by atoms with E-state index in [0.29, 0.717) is 6.04 Å². The average Bonchev–Trinajstić information content (AvgIpc) is 2.26. The maximum Gasteiger partial charge on any atom is 0.0746 e. The Morgan fingerprint density at radius 2 is 1.82 bits per heavy atom. The number of aliphatic hydroxyl groups excluding tert-OH is 1. The Balaban J connectivity index is 2.02. The van der Waals surface area contributed by atoms with Gasteiger partial charge in [0.1, 0.15) is 0 Å². The van der Waals surface area contributed by atoms with Gasteiger partial charge in [0.05, 0.1) is 6.10 Å². The molecule has 1 aliphatic carbocycles. The van der Waals surface area contributed by atoms with Crippen molar-refractivity contribution in [3.63, 3.8) is 0 Å². The minimum absolute atomic E-state index is 0.106. The Hall–Kier alpha value is -0.0800. The Morgan fingerprint density at radius 1 is 1.12 bits per heavy atom. The molecule has 2 heteroatoms. The zero-order chi connectivity index (χ0) is 12.6. The molecular formula is C15H29NO. The van der Waals surface area contributed by atoms with Crippen LogP contribution in [0, 0.1) is 17.3 Å². The number of piperidine rings is 1. The first-order chi connectivity index (χ1) is 7.92. The summed E-state index contributed by atoms with van der Waals surface area (Å²) in [6.45, 7) is 11.5. The highest BCUT2D eigenvalue weighted by atomic mass is 16.3. The van der Waals surface area contributed by atoms with Gasteiger partial charge in [0.2, 0.25) is 0 Å². The molecule has 0 radical (unpaired) electrons. The van der Waals surface area contributed by atoms with Gasteiger partial charge in [0.15, 0.2) is 0 Å². The van der Waals surface area contributed by atoms with Gasteiger partial charge >= 0.3 is 0 Å². The number of hydrogen-bond donors (Lipinski definition) is 1. The van der Waals surface area contributed by atoms with E-state index in [2.05, 4.69) is 32.6 Å². The molecule has 1 heterocycles. The Bertz CT molecular complexity index is 264. The highest BCUT2D eigenvalue weighted by Crippen LogP contribution is 2.39. The first-order valence-electron chi connectivity index (χ1n) is 7.34. The molecule has 100 valence electrons. The third kappa shape index (κ3) is 2.68. The van der Waals surface area contributed by atoms with E-state index in [-0.39, 0.29) is 11.5 Å². The fourth-order valence-corrected chi connectivity index (χ4v) is 3.57. The lowest BCUT2D eigenvalue weighted by Gasteiger charge is -2.48. The van der Waals surface area contributed by atoms with Crippen molar-refractivity contribution >= 4 is 0 Å². The molecule has 1 N–H and O–H groups in total. The van der Waals surface area contributed by atoms with Crippen molar-refractivity contribution in [1.29, 1.82) is 0 Å². The van der Waals surface area contributed by atoms with Crippen molar-refractivity contribution in [3.8, 4) is 0 Å². The van der Waals surface area contributed by atoms with Gasteiger partial charge in [-0.15, -0.1) is 0 Å².